The quantitative estimate of drug-likeness (QED) is 0.567. The summed E-state index contributed by atoms with van der Waals surface area (Å²) in [5.74, 6) is -0.333. The third-order valence-corrected chi connectivity index (χ3v) is 6.42. The Morgan fingerprint density at radius 2 is 1.93 bits per heavy atom. The minimum atomic E-state index is -0.226. The molecule has 3 rings (SSSR count). The highest BCUT2D eigenvalue weighted by Gasteiger charge is 2.13. The number of thiazole rings is 1. The monoisotopic (exact) mass is 439 g/mol. The van der Waals surface area contributed by atoms with Gasteiger partial charge in [0.1, 0.15) is 0 Å². The molecule has 0 saturated heterocycles. The molecule has 0 aliphatic carbocycles. The fourth-order valence-electron chi connectivity index (χ4n) is 2.28. The van der Waals surface area contributed by atoms with Crippen molar-refractivity contribution in [2.45, 2.75) is 19.9 Å². The Hall–Kier alpha value is -1.93. The van der Waals surface area contributed by atoms with Gasteiger partial charge in [0.15, 0.2) is 5.13 Å². The molecule has 0 atom stereocenters. The normalized spacial score (nSPS) is 10.6. The van der Waals surface area contributed by atoms with E-state index in [-0.39, 0.29) is 11.8 Å². The Morgan fingerprint density at radius 1 is 1.11 bits per heavy atom. The lowest BCUT2D eigenvalue weighted by molar-refractivity contribution is -0.119. The lowest BCUT2D eigenvalue weighted by Crippen LogP contribution is -2.18. The summed E-state index contributed by atoms with van der Waals surface area (Å²) in [7, 11) is 0. The van der Waals surface area contributed by atoms with Gasteiger partial charge in [-0.05, 0) is 23.8 Å². The van der Waals surface area contributed by atoms with Crippen LogP contribution in [0.3, 0.4) is 0 Å². The largest absolute Gasteiger partial charge is 0.351 e. The minimum Gasteiger partial charge on any atom is -0.351 e. The van der Waals surface area contributed by atoms with Gasteiger partial charge in [0.05, 0.1) is 21.5 Å². The number of anilines is 1. The highest BCUT2D eigenvalue weighted by Crippen LogP contribution is 2.29. The van der Waals surface area contributed by atoms with Gasteiger partial charge in [0, 0.05) is 29.3 Å². The zero-order valence-corrected chi connectivity index (χ0v) is 17.4. The zero-order valence-electron chi connectivity index (χ0n) is 14.2. The van der Waals surface area contributed by atoms with Gasteiger partial charge >= 0.3 is 0 Å². The highest BCUT2D eigenvalue weighted by molar-refractivity contribution is 7.16. The number of hydrogen-bond acceptors (Lipinski definition) is 5. The molecule has 2 N–H and O–H groups in total. The van der Waals surface area contributed by atoms with Crippen LogP contribution < -0.4 is 10.6 Å². The maximum Gasteiger partial charge on any atom is 0.267 e. The first-order valence-electron chi connectivity index (χ1n) is 7.94. The molecule has 0 spiro atoms. The van der Waals surface area contributed by atoms with Gasteiger partial charge in [-0.25, -0.2) is 4.98 Å². The van der Waals surface area contributed by atoms with Crippen molar-refractivity contribution < 1.29 is 9.59 Å². The van der Waals surface area contributed by atoms with E-state index in [1.165, 1.54) is 29.6 Å². The number of thiophene rings is 1. The Labute approximate surface area is 174 Å². The molecule has 5 nitrogen and oxygen atoms in total. The standard InChI is InChI=1S/C18H15Cl2N3O2S2/c1-10(24)21-8-12-5-6-15(26-12)17(25)23-18-22-9-13(27-18)7-11-3-2-4-14(19)16(11)20/h2-6,9H,7-8H2,1H3,(H,21,24)(H,22,23,25). The van der Waals surface area contributed by atoms with Crippen LogP contribution in [0.25, 0.3) is 0 Å². The molecule has 9 heteroatoms. The third-order valence-electron chi connectivity index (χ3n) is 3.57. The van der Waals surface area contributed by atoms with Crippen LogP contribution in [-0.2, 0) is 17.8 Å². The second-order valence-corrected chi connectivity index (χ2v) is 8.72. The predicted octanol–water partition coefficient (Wildman–Crippen LogP) is 4.99. The molecular weight excluding hydrogens is 425 g/mol. The molecule has 0 aliphatic rings. The molecule has 0 bridgehead atoms. The fourth-order valence-corrected chi connectivity index (χ4v) is 4.35. The number of benzene rings is 1. The summed E-state index contributed by atoms with van der Waals surface area (Å²) in [6.07, 6.45) is 2.31. The van der Waals surface area contributed by atoms with E-state index in [2.05, 4.69) is 15.6 Å². The van der Waals surface area contributed by atoms with Crippen LogP contribution in [0.1, 0.15) is 31.9 Å². The lowest BCUT2D eigenvalue weighted by Gasteiger charge is -2.03. The number of nitrogens with zero attached hydrogens (tertiary/aromatic N) is 1. The van der Waals surface area contributed by atoms with Crippen molar-refractivity contribution in [2.24, 2.45) is 0 Å². The van der Waals surface area contributed by atoms with Crippen molar-refractivity contribution in [1.82, 2.24) is 10.3 Å². The molecule has 27 heavy (non-hydrogen) atoms. The van der Waals surface area contributed by atoms with Gasteiger partial charge in [0.2, 0.25) is 5.91 Å². The van der Waals surface area contributed by atoms with Gasteiger partial charge in [0.25, 0.3) is 5.91 Å². The van der Waals surface area contributed by atoms with E-state index in [9.17, 15) is 9.59 Å². The summed E-state index contributed by atoms with van der Waals surface area (Å²) >= 11 is 15.0. The molecule has 2 aromatic heterocycles. The van der Waals surface area contributed by atoms with E-state index in [0.29, 0.717) is 33.0 Å². The molecule has 0 saturated carbocycles. The van der Waals surface area contributed by atoms with Crippen LogP contribution in [0.2, 0.25) is 10.0 Å². The van der Waals surface area contributed by atoms with Crippen molar-refractivity contribution in [3.63, 3.8) is 0 Å². The number of nitrogens with one attached hydrogen (secondary N) is 2. The molecule has 0 fully saturated rings. The van der Waals surface area contributed by atoms with Crippen molar-refractivity contribution in [1.29, 1.82) is 0 Å². The Balaban J connectivity index is 1.62. The topological polar surface area (TPSA) is 71.1 Å². The predicted molar refractivity (Wildman–Crippen MR) is 111 cm³/mol. The Morgan fingerprint density at radius 3 is 2.70 bits per heavy atom. The molecule has 140 valence electrons. The Bertz CT molecular complexity index is 985. The minimum absolute atomic E-state index is 0.107. The average Bonchev–Trinajstić information content (AvgIpc) is 3.27. The third kappa shape index (κ3) is 5.29. The van der Waals surface area contributed by atoms with Gasteiger partial charge in [-0.15, -0.1) is 22.7 Å². The zero-order chi connectivity index (χ0) is 19.4. The van der Waals surface area contributed by atoms with Crippen molar-refractivity contribution in [3.8, 4) is 0 Å². The number of aromatic nitrogens is 1. The van der Waals surface area contributed by atoms with E-state index >= 15 is 0 Å². The van der Waals surface area contributed by atoms with E-state index in [1.807, 2.05) is 18.2 Å². The van der Waals surface area contributed by atoms with Crippen molar-refractivity contribution in [2.75, 3.05) is 5.32 Å². The average molecular weight is 440 g/mol. The van der Waals surface area contributed by atoms with Gasteiger partial charge in [-0.1, -0.05) is 35.3 Å². The number of hydrogen-bond donors (Lipinski definition) is 2. The molecular formula is C18H15Cl2N3O2S2. The lowest BCUT2D eigenvalue weighted by atomic mass is 10.1. The van der Waals surface area contributed by atoms with Gasteiger partial charge in [-0.3, -0.25) is 14.9 Å². The smallest absolute Gasteiger partial charge is 0.267 e. The number of carbonyl (C=O) groups is 2. The second-order valence-electron chi connectivity index (χ2n) is 5.65. The van der Waals surface area contributed by atoms with Crippen molar-refractivity contribution >= 4 is 62.8 Å². The molecule has 2 amide bonds. The molecule has 2 heterocycles. The van der Waals surface area contributed by atoms with Crippen LogP contribution in [-0.4, -0.2) is 16.8 Å². The molecule has 0 aliphatic heterocycles. The summed E-state index contributed by atoms with van der Waals surface area (Å²) in [6, 6.07) is 9.06. The summed E-state index contributed by atoms with van der Waals surface area (Å²) in [6.45, 7) is 1.87. The fraction of sp³-hybridized carbons (Fsp3) is 0.167. The number of rotatable bonds is 6. The number of halogens is 2. The van der Waals surface area contributed by atoms with Gasteiger partial charge < -0.3 is 5.32 Å². The summed E-state index contributed by atoms with van der Waals surface area (Å²) in [5.41, 5.74) is 0.909. The van der Waals surface area contributed by atoms with Crippen LogP contribution in [0.15, 0.2) is 36.5 Å². The second kappa shape index (κ2) is 8.84. The molecule has 3 aromatic rings. The summed E-state index contributed by atoms with van der Waals surface area (Å²) in [4.78, 5) is 30.0. The van der Waals surface area contributed by atoms with Crippen molar-refractivity contribution in [3.05, 3.63) is 66.8 Å². The first-order chi connectivity index (χ1) is 12.9. The summed E-state index contributed by atoms with van der Waals surface area (Å²) < 4.78 is 0. The maximum atomic E-state index is 12.4. The van der Waals surface area contributed by atoms with E-state index < -0.39 is 0 Å². The maximum absolute atomic E-state index is 12.4. The van der Waals surface area contributed by atoms with Crippen LogP contribution in [0.5, 0.6) is 0 Å². The molecule has 0 radical (unpaired) electrons. The molecule has 0 unspecified atom stereocenters. The SMILES string of the molecule is CC(=O)NCc1ccc(C(=O)Nc2ncc(Cc3cccc(Cl)c3Cl)s2)s1. The van der Waals surface area contributed by atoms with Crippen LogP contribution >= 0.6 is 45.9 Å². The van der Waals surface area contributed by atoms with E-state index in [1.54, 1.807) is 18.3 Å². The van der Waals surface area contributed by atoms with E-state index in [4.69, 9.17) is 23.2 Å². The first kappa shape index (κ1) is 19.8. The van der Waals surface area contributed by atoms with E-state index in [0.717, 1.165) is 15.3 Å². The molecule has 1 aromatic carbocycles. The van der Waals surface area contributed by atoms with Crippen LogP contribution in [0.4, 0.5) is 5.13 Å². The Kier molecular flexibility index (Phi) is 6.49. The van der Waals surface area contributed by atoms with Crippen LogP contribution in [0, 0.1) is 0 Å². The first-order valence-corrected chi connectivity index (χ1v) is 10.3. The number of amides is 2. The number of carbonyl (C=O) groups excluding carboxylic acids is 2. The van der Waals surface area contributed by atoms with Gasteiger partial charge in [-0.2, -0.15) is 0 Å². The summed E-state index contributed by atoms with van der Waals surface area (Å²) in [5, 5.41) is 7.07. The highest BCUT2D eigenvalue weighted by atomic mass is 35.5.